The molecule has 0 saturated heterocycles. The van der Waals surface area contributed by atoms with Gasteiger partial charge in [0.05, 0.1) is 5.69 Å². The average molecular weight is 358 g/mol. The zero-order chi connectivity index (χ0) is 18.6. The maximum Gasteiger partial charge on any atom is 0.255 e. The summed E-state index contributed by atoms with van der Waals surface area (Å²) in [6.07, 6.45) is 7.63. The number of benzene rings is 1. The van der Waals surface area contributed by atoms with Crippen molar-refractivity contribution < 1.29 is 0 Å². The lowest BCUT2D eigenvalue weighted by atomic mass is 10.0. The fourth-order valence-electron chi connectivity index (χ4n) is 3.45. The summed E-state index contributed by atoms with van der Waals surface area (Å²) < 4.78 is 1.64. The van der Waals surface area contributed by atoms with E-state index in [0.29, 0.717) is 11.6 Å². The van der Waals surface area contributed by atoms with Crippen LogP contribution in [0.3, 0.4) is 0 Å². The molecule has 0 aliphatic carbocycles. The molecule has 5 nitrogen and oxygen atoms in total. The first-order valence-corrected chi connectivity index (χ1v) is 9.16. The van der Waals surface area contributed by atoms with Crippen molar-refractivity contribution in [2.75, 3.05) is 18.0 Å². The van der Waals surface area contributed by atoms with Gasteiger partial charge in [-0.15, -0.1) is 0 Å². The van der Waals surface area contributed by atoms with E-state index in [4.69, 9.17) is 4.98 Å². The van der Waals surface area contributed by atoms with Crippen molar-refractivity contribution in [2.24, 2.45) is 7.05 Å². The Morgan fingerprint density at radius 2 is 1.85 bits per heavy atom. The van der Waals surface area contributed by atoms with Crippen LogP contribution in [-0.2, 0) is 13.5 Å². The molecule has 136 valence electrons. The van der Waals surface area contributed by atoms with Crippen molar-refractivity contribution in [3.63, 3.8) is 0 Å². The second kappa shape index (κ2) is 7.58. The van der Waals surface area contributed by atoms with Crippen LogP contribution >= 0.6 is 0 Å². The van der Waals surface area contributed by atoms with Crippen LogP contribution in [0, 0.1) is 0 Å². The van der Waals surface area contributed by atoms with E-state index >= 15 is 0 Å². The van der Waals surface area contributed by atoms with Gasteiger partial charge < -0.3 is 4.90 Å². The quantitative estimate of drug-likeness (QED) is 0.672. The fraction of sp³-hybridized carbons (Fsp3) is 0.227. The third-order valence-corrected chi connectivity index (χ3v) is 4.87. The molecule has 0 N–H and O–H groups in total. The van der Waals surface area contributed by atoms with E-state index in [1.54, 1.807) is 30.1 Å². The Bertz CT molecular complexity index is 1010. The van der Waals surface area contributed by atoms with Crippen LogP contribution < -0.4 is 10.5 Å². The molecule has 0 unspecified atom stereocenters. The maximum absolute atomic E-state index is 12.5. The Balaban J connectivity index is 1.62. The van der Waals surface area contributed by atoms with E-state index in [1.807, 2.05) is 18.2 Å². The van der Waals surface area contributed by atoms with E-state index in [9.17, 15) is 4.79 Å². The normalized spacial score (nSPS) is 14.1. The second-order valence-electron chi connectivity index (χ2n) is 6.81. The minimum absolute atomic E-state index is 0.0500. The highest BCUT2D eigenvalue weighted by molar-refractivity contribution is 5.59. The summed E-state index contributed by atoms with van der Waals surface area (Å²) in [4.78, 5) is 23.6. The summed E-state index contributed by atoms with van der Waals surface area (Å²) in [6.45, 7) is 1.65. The molecular weight excluding hydrogens is 336 g/mol. The smallest absolute Gasteiger partial charge is 0.255 e. The average Bonchev–Trinajstić information content (AvgIpc) is 2.71. The van der Waals surface area contributed by atoms with Crippen molar-refractivity contribution in [2.45, 2.75) is 12.8 Å². The number of hydrogen-bond donors (Lipinski definition) is 0. The van der Waals surface area contributed by atoms with Crippen LogP contribution in [0.5, 0.6) is 0 Å². The van der Waals surface area contributed by atoms with Gasteiger partial charge >= 0.3 is 0 Å². The number of nitrogens with zero attached hydrogens (tertiary/aromatic N) is 4. The molecule has 2 aromatic heterocycles. The number of anilines is 1. The zero-order valence-electron chi connectivity index (χ0n) is 15.4. The van der Waals surface area contributed by atoms with Gasteiger partial charge in [0, 0.05) is 44.2 Å². The molecule has 0 atom stereocenters. The lowest BCUT2D eigenvalue weighted by Gasteiger charge is -2.30. The predicted octanol–water partition coefficient (Wildman–Crippen LogP) is 3.22. The van der Waals surface area contributed by atoms with E-state index in [-0.39, 0.29) is 5.56 Å². The van der Waals surface area contributed by atoms with Crippen LogP contribution in [-0.4, -0.2) is 27.6 Å². The lowest BCUT2D eigenvalue weighted by Crippen LogP contribution is -2.36. The second-order valence-corrected chi connectivity index (χ2v) is 6.81. The Hall–Kier alpha value is -3.21. The van der Waals surface area contributed by atoms with E-state index in [1.165, 1.54) is 11.1 Å². The Morgan fingerprint density at radius 1 is 1.07 bits per heavy atom. The predicted molar refractivity (Wildman–Crippen MR) is 108 cm³/mol. The molecule has 3 heterocycles. The number of pyridine rings is 1. The molecule has 3 aromatic rings. The molecule has 4 rings (SSSR count). The topological polar surface area (TPSA) is 51.0 Å². The Labute approximate surface area is 158 Å². The SMILES string of the molecule is Cn1c(N2CCC=C(Cc3ccccc3)C2)nc(-c2ccncc2)cc1=O. The third-order valence-electron chi connectivity index (χ3n) is 4.87. The first-order chi connectivity index (χ1) is 13.2. The Morgan fingerprint density at radius 3 is 2.63 bits per heavy atom. The summed E-state index contributed by atoms with van der Waals surface area (Å²) in [5, 5.41) is 0. The van der Waals surface area contributed by atoms with Crippen molar-refractivity contribution in [3.05, 3.63) is 88.5 Å². The highest BCUT2D eigenvalue weighted by Crippen LogP contribution is 2.22. The largest absolute Gasteiger partial charge is 0.338 e. The summed E-state index contributed by atoms with van der Waals surface area (Å²) in [6, 6.07) is 15.8. The highest BCUT2D eigenvalue weighted by atomic mass is 16.1. The standard InChI is InChI=1S/C22H22N4O/c1-25-21(27)15-20(19-9-11-23-12-10-19)24-22(25)26-13-5-8-18(16-26)14-17-6-3-2-4-7-17/h2-4,6-12,15H,5,13-14,16H2,1H3. The van der Waals surface area contributed by atoms with Crippen LogP contribution in [0.4, 0.5) is 5.95 Å². The van der Waals surface area contributed by atoms with Crippen molar-refractivity contribution in [3.8, 4) is 11.3 Å². The highest BCUT2D eigenvalue weighted by Gasteiger charge is 2.18. The molecule has 0 radical (unpaired) electrons. The molecule has 27 heavy (non-hydrogen) atoms. The maximum atomic E-state index is 12.5. The molecule has 0 saturated carbocycles. The van der Waals surface area contributed by atoms with E-state index < -0.39 is 0 Å². The van der Waals surface area contributed by atoms with Crippen LogP contribution in [0.1, 0.15) is 12.0 Å². The molecule has 1 aliphatic heterocycles. The van der Waals surface area contributed by atoms with E-state index in [0.717, 1.165) is 31.5 Å². The van der Waals surface area contributed by atoms with Gasteiger partial charge in [-0.05, 0) is 30.5 Å². The molecule has 0 amide bonds. The van der Waals surface area contributed by atoms with Crippen molar-refractivity contribution in [1.29, 1.82) is 0 Å². The van der Waals surface area contributed by atoms with Gasteiger partial charge in [-0.1, -0.05) is 42.0 Å². The van der Waals surface area contributed by atoms with Crippen molar-refractivity contribution in [1.82, 2.24) is 14.5 Å². The molecule has 1 aliphatic rings. The van der Waals surface area contributed by atoms with Gasteiger partial charge in [0.15, 0.2) is 0 Å². The van der Waals surface area contributed by atoms with Gasteiger partial charge in [-0.2, -0.15) is 0 Å². The fourth-order valence-corrected chi connectivity index (χ4v) is 3.45. The van der Waals surface area contributed by atoms with Crippen LogP contribution in [0.25, 0.3) is 11.3 Å². The zero-order valence-corrected chi connectivity index (χ0v) is 15.4. The molecule has 0 bridgehead atoms. The third kappa shape index (κ3) is 3.82. The first kappa shape index (κ1) is 17.2. The monoisotopic (exact) mass is 358 g/mol. The lowest BCUT2D eigenvalue weighted by molar-refractivity contribution is 0.700. The number of rotatable bonds is 4. The molecule has 1 aromatic carbocycles. The summed E-state index contributed by atoms with van der Waals surface area (Å²) in [7, 11) is 1.79. The summed E-state index contributed by atoms with van der Waals surface area (Å²) >= 11 is 0. The van der Waals surface area contributed by atoms with Gasteiger partial charge in [-0.25, -0.2) is 4.98 Å². The van der Waals surface area contributed by atoms with Crippen molar-refractivity contribution >= 4 is 5.95 Å². The molecular formula is C22H22N4O. The van der Waals surface area contributed by atoms with Gasteiger partial charge in [0.25, 0.3) is 5.56 Å². The van der Waals surface area contributed by atoms with Crippen LogP contribution in [0.2, 0.25) is 0 Å². The van der Waals surface area contributed by atoms with Gasteiger partial charge in [-0.3, -0.25) is 14.3 Å². The van der Waals surface area contributed by atoms with Gasteiger partial charge in [0.2, 0.25) is 5.95 Å². The minimum atomic E-state index is -0.0500. The first-order valence-electron chi connectivity index (χ1n) is 9.16. The minimum Gasteiger partial charge on any atom is -0.338 e. The Kier molecular flexibility index (Phi) is 4.83. The summed E-state index contributed by atoms with van der Waals surface area (Å²) in [5.74, 6) is 0.716. The molecule has 0 spiro atoms. The number of hydrogen-bond acceptors (Lipinski definition) is 4. The molecule has 5 heteroatoms. The van der Waals surface area contributed by atoms with Gasteiger partial charge in [0.1, 0.15) is 0 Å². The van der Waals surface area contributed by atoms with E-state index in [2.05, 4.69) is 40.2 Å². The summed E-state index contributed by atoms with van der Waals surface area (Å²) in [5.41, 5.74) is 4.20. The molecule has 0 fully saturated rings. The number of aromatic nitrogens is 3. The van der Waals surface area contributed by atoms with Crippen LogP contribution in [0.15, 0.2) is 77.4 Å².